The fourth-order valence-electron chi connectivity index (χ4n) is 2.89. The van der Waals surface area contributed by atoms with Crippen LogP contribution in [0.1, 0.15) is 36.0 Å². The number of hydrogen-bond donors (Lipinski definition) is 2. The number of hydrogen-bond acceptors (Lipinski definition) is 2. The van der Waals surface area contributed by atoms with Gasteiger partial charge in [-0.05, 0) is 82.8 Å². The van der Waals surface area contributed by atoms with Crippen molar-refractivity contribution in [2.75, 3.05) is 26.2 Å². The van der Waals surface area contributed by atoms with Crippen molar-refractivity contribution in [1.29, 1.82) is 0 Å². The Bertz CT molecular complexity index is 381. The van der Waals surface area contributed by atoms with Crippen molar-refractivity contribution in [3.63, 3.8) is 0 Å². The van der Waals surface area contributed by atoms with E-state index in [4.69, 9.17) is 0 Å². The van der Waals surface area contributed by atoms with Crippen molar-refractivity contribution >= 4 is 0 Å². The molecule has 1 saturated heterocycles. The minimum absolute atomic E-state index is 0.939. The van der Waals surface area contributed by atoms with Gasteiger partial charge in [-0.2, -0.15) is 0 Å². The summed E-state index contributed by atoms with van der Waals surface area (Å²) in [4.78, 5) is 0. The summed E-state index contributed by atoms with van der Waals surface area (Å²) >= 11 is 0. The Hall–Kier alpha value is -0.860. The first-order chi connectivity index (χ1) is 9.25. The third-order valence-corrected chi connectivity index (χ3v) is 4.26. The molecule has 1 fully saturated rings. The highest BCUT2D eigenvalue weighted by atomic mass is 14.9. The average molecular weight is 260 g/mol. The van der Waals surface area contributed by atoms with Gasteiger partial charge in [0.2, 0.25) is 0 Å². The Morgan fingerprint density at radius 1 is 1.16 bits per heavy atom. The van der Waals surface area contributed by atoms with E-state index in [1.54, 1.807) is 0 Å². The molecule has 19 heavy (non-hydrogen) atoms. The summed E-state index contributed by atoms with van der Waals surface area (Å²) in [6.07, 6.45) is 5.21. The topological polar surface area (TPSA) is 24.1 Å². The lowest BCUT2D eigenvalue weighted by molar-refractivity contribution is 0.349. The van der Waals surface area contributed by atoms with Crippen LogP contribution >= 0.6 is 0 Å². The SMILES string of the molecule is Cc1ccc(C)c(CCNCCC2CCNCC2)c1. The maximum absolute atomic E-state index is 3.61. The van der Waals surface area contributed by atoms with E-state index in [2.05, 4.69) is 42.7 Å². The second-order valence-corrected chi connectivity index (χ2v) is 5.91. The molecule has 0 unspecified atom stereocenters. The minimum atomic E-state index is 0.939. The van der Waals surface area contributed by atoms with E-state index in [0.717, 1.165) is 18.9 Å². The molecular formula is C17H28N2. The lowest BCUT2D eigenvalue weighted by Gasteiger charge is -2.22. The number of benzene rings is 1. The molecule has 0 saturated carbocycles. The van der Waals surface area contributed by atoms with Gasteiger partial charge in [0.15, 0.2) is 0 Å². The maximum Gasteiger partial charge on any atom is -0.000825 e. The Kier molecular flexibility index (Phi) is 5.87. The van der Waals surface area contributed by atoms with Gasteiger partial charge in [0.05, 0.1) is 0 Å². The van der Waals surface area contributed by atoms with E-state index in [-0.39, 0.29) is 0 Å². The quantitative estimate of drug-likeness (QED) is 0.769. The molecule has 1 aromatic carbocycles. The zero-order valence-corrected chi connectivity index (χ0v) is 12.5. The van der Waals surface area contributed by atoms with Gasteiger partial charge in [-0.15, -0.1) is 0 Å². The second kappa shape index (κ2) is 7.66. The van der Waals surface area contributed by atoms with E-state index < -0.39 is 0 Å². The third kappa shape index (κ3) is 4.96. The molecule has 1 aromatic rings. The van der Waals surface area contributed by atoms with Gasteiger partial charge >= 0.3 is 0 Å². The van der Waals surface area contributed by atoms with Crippen LogP contribution in [0.5, 0.6) is 0 Å². The van der Waals surface area contributed by atoms with Crippen LogP contribution in [0.25, 0.3) is 0 Å². The largest absolute Gasteiger partial charge is 0.317 e. The molecular weight excluding hydrogens is 232 g/mol. The van der Waals surface area contributed by atoms with Gasteiger partial charge in [-0.25, -0.2) is 0 Å². The van der Waals surface area contributed by atoms with E-state index in [1.165, 1.54) is 55.6 Å². The van der Waals surface area contributed by atoms with Crippen molar-refractivity contribution in [3.8, 4) is 0 Å². The summed E-state index contributed by atoms with van der Waals surface area (Å²) in [7, 11) is 0. The van der Waals surface area contributed by atoms with Crippen LogP contribution < -0.4 is 10.6 Å². The van der Waals surface area contributed by atoms with Crippen molar-refractivity contribution in [2.24, 2.45) is 5.92 Å². The molecule has 0 aliphatic carbocycles. The molecule has 0 amide bonds. The fraction of sp³-hybridized carbons (Fsp3) is 0.647. The molecule has 2 rings (SSSR count). The van der Waals surface area contributed by atoms with Crippen molar-refractivity contribution in [2.45, 2.75) is 39.5 Å². The van der Waals surface area contributed by atoms with Crippen molar-refractivity contribution in [3.05, 3.63) is 34.9 Å². The lowest BCUT2D eigenvalue weighted by atomic mass is 9.95. The first-order valence-corrected chi connectivity index (χ1v) is 7.73. The first kappa shape index (κ1) is 14.5. The molecule has 0 radical (unpaired) electrons. The molecule has 1 aliphatic rings. The van der Waals surface area contributed by atoms with Crippen molar-refractivity contribution in [1.82, 2.24) is 10.6 Å². The zero-order valence-electron chi connectivity index (χ0n) is 12.5. The van der Waals surface area contributed by atoms with Crippen LogP contribution in [0.15, 0.2) is 18.2 Å². The Morgan fingerprint density at radius 2 is 1.95 bits per heavy atom. The molecule has 2 heteroatoms. The molecule has 1 heterocycles. The first-order valence-electron chi connectivity index (χ1n) is 7.73. The molecule has 2 nitrogen and oxygen atoms in total. The van der Waals surface area contributed by atoms with E-state index in [9.17, 15) is 0 Å². The van der Waals surface area contributed by atoms with Gasteiger partial charge in [0.25, 0.3) is 0 Å². The summed E-state index contributed by atoms with van der Waals surface area (Å²) in [5.41, 5.74) is 4.29. The zero-order chi connectivity index (χ0) is 13.5. The highest BCUT2D eigenvalue weighted by molar-refractivity contribution is 5.30. The molecule has 0 aromatic heterocycles. The smallest absolute Gasteiger partial charge is 0.000825 e. The predicted octanol–water partition coefficient (Wildman–Crippen LogP) is 2.83. The number of piperidine rings is 1. The van der Waals surface area contributed by atoms with E-state index >= 15 is 0 Å². The molecule has 0 bridgehead atoms. The van der Waals surface area contributed by atoms with Gasteiger partial charge in [-0.1, -0.05) is 23.8 Å². The van der Waals surface area contributed by atoms with Crippen molar-refractivity contribution < 1.29 is 0 Å². The Labute approximate surface area is 118 Å². The Morgan fingerprint density at radius 3 is 2.74 bits per heavy atom. The molecule has 0 spiro atoms. The van der Waals surface area contributed by atoms with Crippen LogP contribution in [0.4, 0.5) is 0 Å². The minimum Gasteiger partial charge on any atom is -0.317 e. The number of nitrogens with one attached hydrogen (secondary N) is 2. The Balaban J connectivity index is 1.62. The number of rotatable bonds is 6. The van der Waals surface area contributed by atoms with Gasteiger partial charge in [-0.3, -0.25) is 0 Å². The highest BCUT2D eigenvalue weighted by Gasteiger charge is 2.11. The molecule has 106 valence electrons. The van der Waals surface area contributed by atoms with Gasteiger partial charge in [0, 0.05) is 0 Å². The number of aryl methyl sites for hydroxylation is 2. The summed E-state index contributed by atoms with van der Waals surface area (Å²) < 4.78 is 0. The van der Waals surface area contributed by atoms with Gasteiger partial charge < -0.3 is 10.6 Å². The van der Waals surface area contributed by atoms with Crippen LogP contribution in [0.2, 0.25) is 0 Å². The average Bonchev–Trinajstić information content (AvgIpc) is 2.43. The van der Waals surface area contributed by atoms with Crippen LogP contribution in [0.3, 0.4) is 0 Å². The fourth-order valence-corrected chi connectivity index (χ4v) is 2.89. The highest BCUT2D eigenvalue weighted by Crippen LogP contribution is 2.15. The maximum atomic E-state index is 3.61. The summed E-state index contributed by atoms with van der Waals surface area (Å²) in [5.74, 6) is 0.939. The van der Waals surface area contributed by atoms with Crippen LogP contribution in [-0.4, -0.2) is 26.2 Å². The molecule has 0 atom stereocenters. The van der Waals surface area contributed by atoms with Gasteiger partial charge in [0.1, 0.15) is 0 Å². The lowest BCUT2D eigenvalue weighted by Crippen LogP contribution is -2.30. The molecule has 2 N–H and O–H groups in total. The molecule has 1 aliphatic heterocycles. The van der Waals surface area contributed by atoms with Crippen LogP contribution in [0, 0.1) is 19.8 Å². The van der Waals surface area contributed by atoms with E-state index in [1.807, 2.05) is 0 Å². The predicted molar refractivity (Wildman–Crippen MR) is 82.7 cm³/mol. The summed E-state index contributed by atoms with van der Waals surface area (Å²) in [6, 6.07) is 6.76. The normalized spacial score (nSPS) is 16.7. The third-order valence-electron chi connectivity index (χ3n) is 4.26. The summed E-state index contributed by atoms with van der Waals surface area (Å²) in [5, 5.41) is 7.04. The summed E-state index contributed by atoms with van der Waals surface area (Å²) in [6.45, 7) is 9.10. The second-order valence-electron chi connectivity index (χ2n) is 5.91. The standard InChI is InChI=1S/C17H28N2/c1-14-3-4-15(2)17(13-14)8-12-19-11-7-16-5-9-18-10-6-16/h3-4,13,16,18-19H,5-12H2,1-2H3. The van der Waals surface area contributed by atoms with E-state index in [0.29, 0.717) is 0 Å². The van der Waals surface area contributed by atoms with Crippen LogP contribution in [-0.2, 0) is 6.42 Å². The monoisotopic (exact) mass is 260 g/mol.